The molecule has 29 heavy (non-hydrogen) atoms. The highest BCUT2D eigenvalue weighted by molar-refractivity contribution is 6.30. The summed E-state index contributed by atoms with van der Waals surface area (Å²) >= 11 is 11.7. The Morgan fingerprint density at radius 1 is 1.31 bits per heavy atom. The predicted molar refractivity (Wildman–Crippen MR) is 111 cm³/mol. The maximum absolute atomic E-state index is 14.3. The molecule has 0 bridgehead atoms. The van der Waals surface area contributed by atoms with Gasteiger partial charge in [0.05, 0.1) is 10.9 Å². The Morgan fingerprint density at radius 2 is 1.97 bits per heavy atom. The standard InChI is InChI=1S/C19H24Cl2FN5O2/c1-18(2,3)29-17(28)27(4)19(7-5-6-8-19)10-24-15-11-9-23-14(20)12(22)13(11)25-16(21)26-15/h9H,5-8,10H2,1-4H3,(H,24,25,26). The Labute approximate surface area is 179 Å². The van der Waals surface area contributed by atoms with Gasteiger partial charge in [0.25, 0.3) is 0 Å². The number of likely N-dealkylation sites (N-methyl/N-ethyl adjacent to an activating group) is 1. The van der Waals surface area contributed by atoms with Crippen LogP contribution in [0, 0.1) is 5.82 Å². The number of nitrogens with zero attached hydrogens (tertiary/aromatic N) is 4. The van der Waals surface area contributed by atoms with Crippen molar-refractivity contribution in [1.82, 2.24) is 19.9 Å². The molecule has 0 radical (unpaired) electrons. The fourth-order valence-corrected chi connectivity index (χ4v) is 3.89. The van der Waals surface area contributed by atoms with E-state index in [0.717, 1.165) is 25.7 Å². The van der Waals surface area contributed by atoms with Gasteiger partial charge >= 0.3 is 6.09 Å². The summed E-state index contributed by atoms with van der Waals surface area (Å²) in [6.07, 6.45) is 4.62. The number of carbonyl (C=O) groups is 1. The third-order valence-corrected chi connectivity index (χ3v) is 5.54. The molecule has 1 N–H and O–H groups in total. The van der Waals surface area contributed by atoms with E-state index < -0.39 is 17.0 Å². The Hall–Kier alpha value is -1.93. The SMILES string of the molecule is CN(C(=O)OC(C)(C)C)C1(CNc2nc(Cl)nc3c(F)c(Cl)ncc23)CCCC1. The number of hydrogen-bond donors (Lipinski definition) is 1. The lowest BCUT2D eigenvalue weighted by Gasteiger charge is -2.39. The van der Waals surface area contributed by atoms with Crippen LogP contribution in [0.25, 0.3) is 10.9 Å². The van der Waals surface area contributed by atoms with E-state index in [1.54, 1.807) is 11.9 Å². The number of fused-ring (bicyclic) bond motifs is 1. The number of anilines is 1. The quantitative estimate of drug-likeness (QED) is 0.525. The zero-order valence-corrected chi connectivity index (χ0v) is 18.4. The number of carbonyl (C=O) groups excluding carboxylic acids is 1. The van der Waals surface area contributed by atoms with E-state index >= 15 is 0 Å². The molecule has 0 atom stereocenters. The summed E-state index contributed by atoms with van der Waals surface area (Å²) in [6.45, 7) is 5.90. The largest absolute Gasteiger partial charge is 0.444 e. The molecule has 0 saturated heterocycles. The van der Waals surface area contributed by atoms with Crippen LogP contribution in [0.15, 0.2) is 6.20 Å². The molecule has 0 unspecified atom stereocenters. The first-order valence-electron chi connectivity index (χ1n) is 9.40. The average molecular weight is 444 g/mol. The van der Waals surface area contributed by atoms with Crippen molar-refractivity contribution in [2.45, 2.75) is 57.6 Å². The molecule has 1 aliphatic rings. The zero-order valence-electron chi connectivity index (χ0n) is 16.9. The first kappa shape index (κ1) is 21.8. The molecule has 0 spiro atoms. The van der Waals surface area contributed by atoms with Crippen LogP contribution < -0.4 is 5.32 Å². The summed E-state index contributed by atoms with van der Waals surface area (Å²) in [5.74, 6) is -0.412. The van der Waals surface area contributed by atoms with E-state index in [0.29, 0.717) is 17.7 Å². The highest BCUT2D eigenvalue weighted by Gasteiger charge is 2.41. The van der Waals surface area contributed by atoms with Crippen molar-refractivity contribution in [2.75, 3.05) is 18.9 Å². The predicted octanol–water partition coefficient (Wildman–Crippen LogP) is 5.06. The molecule has 2 heterocycles. The number of pyridine rings is 1. The van der Waals surface area contributed by atoms with Crippen LogP contribution in [0.4, 0.5) is 15.0 Å². The van der Waals surface area contributed by atoms with Crippen molar-refractivity contribution in [1.29, 1.82) is 0 Å². The van der Waals surface area contributed by atoms with Gasteiger partial charge in [0.1, 0.15) is 16.9 Å². The molecule has 1 amide bonds. The lowest BCUT2D eigenvalue weighted by molar-refractivity contribution is 0.00814. The van der Waals surface area contributed by atoms with Gasteiger partial charge in [-0.25, -0.2) is 24.1 Å². The average Bonchev–Trinajstić information content (AvgIpc) is 3.11. The molecular formula is C19H24Cl2FN5O2. The van der Waals surface area contributed by atoms with Gasteiger partial charge in [0, 0.05) is 19.8 Å². The summed E-state index contributed by atoms with van der Waals surface area (Å²) in [5.41, 5.74) is -1.05. The zero-order chi connectivity index (χ0) is 21.4. The summed E-state index contributed by atoms with van der Waals surface area (Å²) < 4.78 is 19.9. The lowest BCUT2D eigenvalue weighted by atomic mass is 9.95. The summed E-state index contributed by atoms with van der Waals surface area (Å²) in [4.78, 5) is 26.3. The van der Waals surface area contributed by atoms with Crippen LogP contribution >= 0.6 is 23.2 Å². The lowest BCUT2D eigenvalue weighted by Crippen LogP contribution is -2.53. The van der Waals surface area contributed by atoms with Crippen LogP contribution in [0.3, 0.4) is 0 Å². The molecule has 0 aromatic carbocycles. The van der Waals surface area contributed by atoms with E-state index in [9.17, 15) is 9.18 Å². The first-order valence-corrected chi connectivity index (χ1v) is 10.2. The number of amides is 1. The maximum Gasteiger partial charge on any atom is 0.410 e. The van der Waals surface area contributed by atoms with Crippen molar-refractivity contribution < 1.29 is 13.9 Å². The molecule has 3 rings (SSSR count). The number of nitrogens with one attached hydrogen (secondary N) is 1. The molecule has 0 aliphatic heterocycles. The molecule has 1 aliphatic carbocycles. The second kappa shape index (κ2) is 8.07. The highest BCUT2D eigenvalue weighted by atomic mass is 35.5. The van der Waals surface area contributed by atoms with E-state index in [2.05, 4.69) is 20.3 Å². The normalized spacial score (nSPS) is 16.1. The van der Waals surface area contributed by atoms with Gasteiger partial charge in [-0.15, -0.1) is 0 Å². The monoisotopic (exact) mass is 443 g/mol. The number of rotatable bonds is 4. The third-order valence-electron chi connectivity index (χ3n) is 5.11. The summed E-state index contributed by atoms with van der Waals surface area (Å²) in [5, 5.41) is 3.20. The molecule has 158 valence electrons. The van der Waals surface area contributed by atoms with Crippen LogP contribution in [-0.2, 0) is 4.74 Å². The fraction of sp³-hybridized carbons (Fsp3) is 0.579. The minimum Gasteiger partial charge on any atom is -0.444 e. The molecule has 10 heteroatoms. The second-order valence-corrected chi connectivity index (χ2v) is 8.99. The van der Waals surface area contributed by atoms with Crippen LogP contribution in [-0.4, -0.2) is 50.7 Å². The fourth-order valence-electron chi connectivity index (χ4n) is 3.58. The van der Waals surface area contributed by atoms with Crippen molar-refractivity contribution in [3.63, 3.8) is 0 Å². The van der Waals surface area contributed by atoms with Crippen molar-refractivity contribution in [3.05, 3.63) is 22.5 Å². The number of hydrogen-bond acceptors (Lipinski definition) is 6. The Kier molecular flexibility index (Phi) is 6.06. The topological polar surface area (TPSA) is 80.2 Å². The first-order chi connectivity index (χ1) is 13.5. The number of halogens is 3. The minimum absolute atomic E-state index is 0.00605. The summed E-state index contributed by atoms with van der Waals surface area (Å²) in [6, 6.07) is 0. The summed E-state index contributed by atoms with van der Waals surface area (Å²) in [7, 11) is 1.74. The van der Waals surface area contributed by atoms with Gasteiger partial charge in [0.15, 0.2) is 11.0 Å². The van der Waals surface area contributed by atoms with Gasteiger partial charge in [-0.3, -0.25) is 0 Å². The molecule has 1 saturated carbocycles. The van der Waals surface area contributed by atoms with E-state index in [-0.39, 0.29) is 22.0 Å². The van der Waals surface area contributed by atoms with Crippen LogP contribution in [0.1, 0.15) is 46.5 Å². The van der Waals surface area contributed by atoms with Gasteiger partial charge in [-0.1, -0.05) is 24.4 Å². The van der Waals surface area contributed by atoms with Gasteiger partial charge < -0.3 is 15.0 Å². The maximum atomic E-state index is 14.3. The minimum atomic E-state index is -0.752. The molecule has 1 fully saturated rings. The van der Waals surface area contributed by atoms with E-state index in [1.807, 2.05) is 20.8 Å². The number of aromatic nitrogens is 3. The molecular weight excluding hydrogens is 420 g/mol. The van der Waals surface area contributed by atoms with Gasteiger partial charge in [0.2, 0.25) is 5.28 Å². The van der Waals surface area contributed by atoms with Crippen LogP contribution in [0.2, 0.25) is 10.4 Å². The number of ether oxygens (including phenoxy) is 1. The van der Waals surface area contributed by atoms with Crippen molar-refractivity contribution in [2.24, 2.45) is 0 Å². The molecule has 7 nitrogen and oxygen atoms in total. The smallest absolute Gasteiger partial charge is 0.410 e. The highest BCUT2D eigenvalue weighted by Crippen LogP contribution is 2.36. The van der Waals surface area contributed by atoms with Crippen molar-refractivity contribution in [3.8, 4) is 0 Å². The Balaban J connectivity index is 1.88. The van der Waals surface area contributed by atoms with Gasteiger partial charge in [-0.05, 0) is 45.2 Å². The molecule has 2 aromatic rings. The van der Waals surface area contributed by atoms with E-state index in [1.165, 1.54) is 6.20 Å². The third kappa shape index (κ3) is 4.64. The Bertz CT molecular complexity index is 929. The molecule has 2 aromatic heterocycles. The Morgan fingerprint density at radius 3 is 2.59 bits per heavy atom. The van der Waals surface area contributed by atoms with Crippen LogP contribution in [0.5, 0.6) is 0 Å². The van der Waals surface area contributed by atoms with Crippen molar-refractivity contribution >= 4 is 46.0 Å². The van der Waals surface area contributed by atoms with E-state index in [4.69, 9.17) is 27.9 Å². The van der Waals surface area contributed by atoms with Gasteiger partial charge in [-0.2, -0.15) is 0 Å². The second-order valence-electron chi connectivity index (χ2n) is 8.29.